The highest BCUT2D eigenvalue weighted by Gasteiger charge is 2.42. The van der Waals surface area contributed by atoms with Gasteiger partial charge in [0.1, 0.15) is 0 Å². The predicted molar refractivity (Wildman–Crippen MR) is 152 cm³/mol. The molecule has 2 aliphatic heterocycles. The van der Waals surface area contributed by atoms with E-state index in [9.17, 15) is 9.59 Å². The molecule has 3 aromatic carbocycles. The van der Waals surface area contributed by atoms with Gasteiger partial charge in [0.05, 0.1) is 27.9 Å². The summed E-state index contributed by atoms with van der Waals surface area (Å²) in [4.78, 5) is 36.6. The molecule has 6 rings (SSSR count). The maximum absolute atomic E-state index is 13.7. The van der Waals surface area contributed by atoms with Crippen LogP contribution in [0.1, 0.15) is 59.1 Å². The van der Waals surface area contributed by atoms with Gasteiger partial charge in [-0.25, -0.2) is 0 Å². The van der Waals surface area contributed by atoms with E-state index in [2.05, 4.69) is 56.2 Å². The fourth-order valence-corrected chi connectivity index (χ4v) is 6.66. The van der Waals surface area contributed by atoms with E-state index in [1.165, 1.54) is 0 Å². The molecule has 2 aliphatic rings. The molecule has 0 aliphatic carbocycles. The zero-order valence-electron chi connectivity index (χ0n) is 22.2. The SMILES string of the molecule is CCC(=c1c(=O)c(=C(C)C2=Nc3ccc4ccccc4c3C2(C)C)c1=O)C1Nc2ccncc2C1(C)C. The van der Waals surface area contributed by atoms with E-state index in [4.69, 9.17) is 4.99 Å². The van der Waals surface area contributed by atoms with E-state index in [-0.39, 0.29) is 27.5 Å². The lowest BCUT2D eigenvalue weighted by Crippen LogP contribution is -2.67. The molecule has 5 heteroatoms. The maximum Gasteiger partial charge on any atom is 0.201 e. The van der Waals surface area contributed by atoms with Crippen LogP contribution in [-0.4, -0.2) is 16.7 Å². The third kappa shape index (κ3) is 3.09. The summed E-state index contributed by atoms with van der Waals surface area (Å²) in [6.07, 6.45) is 4.26. The summed E-state index contributed by atoms with van der Waals surface area (Å²) < 4.78 is 0. The lowest BCUT2D eigenvalue weighted by atomic mass is 9.75. The van der Waals surface area contributed by atoms with Crippen molar-refractivity contribution in [3.63, 3.8) is 0 Å². The van der Waals surface area contributed by atoms with E-state index in [0.29, 0.717) is 17.2 Å². The fraction of sp³-hybridized carbons (Fsp3) is 0.312. The number of nitrogens with zero attached hydrogens (tertiary/aromatic N) is 2. The molecule has 1 atom stereocenters. The predicted octanol–water partition coefficient (Wildman–Crippen LogP) is 4.40. The minimum atomic E-state index is -0.426. The van der Waals surface area contributed by atoms with Crippen LogP contribution in [-0.2, 0) is 10.8 Å². The van der Waals surface area contributed by atoms with Crippen molar-refractivity contribution in [3.05, 3.63) is 96.9 Å². The number of anilines is 1. The van der Waals surface area contributed by atoms with Gasteiger partial charge in [-0.3, -0.25) is 19.6 Å². The zero-order chi connectivity index (χ0) is 26.3. The van der Waals surface area contributed by atoms with Crippen LogP contribution in [0.3, 0.4) is 0 Å². The first-order chi connectivity index (χ1) is 17.6. The summed E-state index contributed by atoms with van der Waals surface area (Å²) in [7, 11) is 0. The van der Waals surface area contributed by atoms with Crippen LogP contribution in [0.2, 0.25) is 0 Å². The summed E-state index contributed by atoms with van der Waals surface area (Å²) in [6.45, 7) is 12.4. The van der Waals surface area contributed by atoms with E-state index in [0.717, 1.165) is 44.6 Å². The molecule has 1 N–H and O–H groups in total. The molecule has 0 saturated heterocycles. The minimum Gasteiger partial charge on any atom is -0.377 e. The summed E-state index contributed by atoms with van der Waals surface area (Å²) in [6, 6.07) is 14.2. The lowest BCUT2D eigenvalue weighted by Gasteiger charge is -2.29. The number of hydrogen-bond donors (Lipinski definition) is 1. The number of aliphatic imine (C=N–C) groups is 1. The van der Waals surface area contributed by atoms with Crippen molar-refractivity contribution in [1.29, 1.82) is 0 Å². The Morgan fingerprint density at radius 1 is 0.973 bits per heavy atom. The molecule has 0 fully saturated rings. The van der Waals surface area contributed by atoms with Gasteiger partial charge in [0.15, 0.2) is 0 Å². The smallest absolute Gasteiger partial charge is 0.201 e. The average molecular weight is 490 g/mol. The van der Waals surface area contributed by atoms with Gasteiger partial charge in [0.2, 0.25) is 10.9 Å². The number of fused-ring (bicyclic) bond motifs is 4. The fourth-order valence-electron chi connectivity index (χ4n) is 6.66. The van der Waals surface area contributed by atoms with Crippen LogP contribution in [0.25, 0.3) is 21.9 Å². The van der Waals surface area contributed by atoms with Gasteiger partial charge in [-0.05, 0) is 53.0 Å². The first-order valence-corrected chi connectivity index (χ1v) is 12.9. The van der Waals surface area contributed by atoms with Crippen molar-refractivity contribution >= 4 is 39.0 Å². The van der Waals surface area contributed by atoms with Crippen molar-refractivity contribution in [2.45, 2.75) is 64.8 Å². The van der Waals surface area contributed by atoms with Crippen molar-refractivity contribution in [2.24, 2.45) is 4.99 Å². The highest BCUT2D eigenvalue weighted by atomic mass is 16.1. The third-order valence-electron chi connectivity index (χ3n) is 8.58. The van der Waals surface area contributed by atoms with E-state index >= 15 is 0 Å². The quantitative estimate of drug-likeness (QED) is 0.463. The molecule has 0 saturated carbocycles. The third-order valence-corrected chi connectivity index (χ3v) is 8.58. The second kappa shape index (κ2) is 7.82. The number of pyridine rings is 1. The van der Waals surface area contributed by atoms with Crippen LogP contribution in [0.4, 0.5) is 11.4 Å². The highest BCUT2D eigenvalue weighted by molar-refractivity contribution is 6.27. The van der Waals surface area contributed by atoms with E-state index in [1.54, 1.807) is 6.20 Å². The Hall–Kier alpha value is -3.86. The average Bonchev–Trinajstić information content (AvgIpc) is 3.31. The molecular formula is C32H31N3O2. The number of aromatic nitrogens is 1. The van der Waals surface area contributed by atoms with E-state index < -0.39 is 5.41 Å². The van der Waals surface area contributed by atoms with Crippen LogP contribution in [0, 0.1) is 0 Å². The molecule has 1 unspecified atom stereocenters. The van der Waals surface area contributed by atoms with Crippen molar-refractivity contribution in [2.75, 3.05) is 5.32 Å². The monoisotopic (exact) mass is 489 g/mol. The highest BCUT2D eigenvalue weighted by Crippen LogP contribution is 2.46. The number of benzene rings is 2. The van der Waals surface area contributed by atoms with Crippen molar-refractivity contribution in [1.82, 2.24) is 4.98 Å². The van der Waals surface area contributed by atoms with Crippen molar-refractivity contribution < 1.29 is 0 Å². The molecule has 4 aromatic rings. The Morgan fingerprint density at radius 3 is 2.41 bits per heavy atom. The number of hydrogen-bond acceptors (Lipinski definition) is 5. The van der Waals surface area contributed by atoms with Gasteiger partial charge in [-0.15, -0.1) is 0 Å². The van der Waals surface area contributed by atoms with Crippen molar-refractivity contribution in [3.8, 4) is 0 Å². The standard InChI is InChI=1S/C32H31N3O2/c1-7-19(30-31(3,4)21-16-33-15-14-22(21)34-30)25-27(36)24(28(25)37)17(2)29-32(5,6)26-20-11-9-8-10-18(20)12-13-23(26)35-29/h8-16,30,34H,7H2,1-6H3. The second-order valence-electron chi connectivity index (χ2n) is 11.4. The second-order valence-corrected chi connectivity index (χ2v) is 11.4. The van der Waals surface area contributed by atoms with Crippen LogP contribution < -0.4 is 26.6 Å². The number of rotatable bonds is 3. The topological polar surface area (TPSA) is 71.4 Å². The van der Waals surface area contributed by atoms with Gasteiger partial charge < -0.3 is 5.32 Å². The van der Waals surface area contributed by atoms with E-state index in [1.807, 2.05) is 44.3 Å². The van der Waals surface area contributed by atoms with Gasteiger partial charge in [-0.1, -0.05) is 65.0 Å². The summed E-state index contributed by atoms with van der Waals surface area (Å²) >= 11 is 0. The molecule has 0 bridgehead atoms. The van der Waals surface area contributed by atoms with Gasteiger partial charge in [0.25, 0.3) is 0 Å². The van der Waals surface area contributed by atoms with Crippen LogP contribution in [0.5, 0.6) is 0 Å². The summed E-state index contributed by atoms with van der Waals surface area (Å²) in [5.41, 5.74) is 5.47. The summed E-state index contributed by atoms with van der Waals surface area (Å²) in [5, 5.41) is 6.50. The first kappa shape index (κ1) is 23.5. The Labute approximate surface area is 216 Å². The van der Waals surface area contributed by atoms with Gasteiger partial charge >= 0.3 is 0 Å². The van der Waals surface area contributed by atoms with Crippen LogP contribution in [0.15, 0.2) is 69.4 Å². The Balaban J connectivity index is 1.51. The Bertz CT molecular complexity index is 1820. The van der Waals surface area contributed by atoms with Gasteiger partial charge in [-0.2, -0.15) is 0 Å². The molecule has 3 heterocycles. The largest absolute Gasteiger partial charge is 0.377 e. The molecular weight excluding hydrogens is 458 g/mol. The minimum absolute atomic E-state index is 0.141. The Kier molecular flexibility index (Phi) is 4.97. The van der Waals surface area contributed by atoms with Crippen LogP contribution >= 0.6 is 0 Å². The van der Waals surface area contributed by atoms with Gasteiger partial charge in [0, 0.05) is 34.5 Å². The molecule has 0 amide bonds. The molecule has 0 spiro atoms. The maximum atomic E-state index is 13.7. The molecule has 37 heavy (non-hydrogen) atoms. The molecule has 0 radical (unpaired) electrons. The summed E-state index contributed by atoms with van der Waals surface area (Å²) in [5.74, 6) is 0. The molecule has 5 nitrogen and oxygen atoms in total. The normalized spacial score (nSPS) is 18.9. The molecule has 186 valence electrons. The first-order valence-electron chi connectivity index (χ1n) is 12.9. The zero-order valence-corrected chi connectivity index (χ0v) is 22.2. The lowest BCUT2D eigenvalue weighted by molar-refractivity contribution is 0.517. The molecule has 1 aromatic heterocycles. The number of nitrogens with one attached hydrogen (secondary N) is 1. The Morgan fingerprint density at radius 2 is 1.70 bits per heavy atom.